The Labute approximate surface area is 91.3 Å². The molecule has 0 fully saturated rings. The zero-order chi connectivity index (χ0) is 12.1. The van der Waals surface area contributed by atoms with E-state index >= 15 is 0 Å². The van der Waals surface area contributed by atoms with Crippen LogP contribution in [0.1, 0.15) is 17.3 Å². The molecular weight excluding hydrogens is 215 g/mol. The van der Waals surface area contributed by atoms with Gasteiger partial charge in [-0.1, -0.05) is 6.92 Å². The van der Waals surface area contributed by atoms with Gasteiger partial charge in [0, 0.05) is 12.7 Å². The summed E-state index contributed by atoms with van der Waals surface area (Å²) in [5, 5.41) is 10.9. The van der Waals surface area contributed by atoms with Gasteiger partial charge in [-0.2, -0.15) is 0 Å². The highest BCUT2D eigenvalue weighted by molar-refractivity contribution is 5.94. The van der Waals surface area contributed by atoms with Crippen LogP contribution in [-0.4, -0.2) is 28.5 Å². The normalized spacial score (nSPS) is 11.9. The number of pyridine rings is 1. The van der Waals surface area contributed by atoms with Crippen LogP contribution >= 0.6 is 0 Å². The Balaban J connectivity index is 2.60. The van der Waals surface area contributed by atoms with Crippen molar-refractivity contribution in [2.45, 2.75) is 6.92 Å². The third-order valence-electron chi connectivity index (χ3n) is 2.01. The Morgan fingerprint density at radius 2 is 2.31 bits per heavy atom. The summed E-state index contributed by atoms with van der Waals surface area (Å²) in [6.07, 6.45) is 2.22. The maximum atomic E-state index is 13.1. The molecule has 86 valence electrons. The molecule has 0 aliphatic rings. The lowest BCUT2D eigenvalue weighted by Crippen LogP contribution is -2.31. The van der Waals surface area contributed by atoms with E-state index in [1.807, 2.05) is 0 Å². The Hall–Kier alpha value is -1.98. The van der Waals surface area contributed by atoms with Gasteiger partial charge in [-0.05, 0) is 6.07 Å². The molecule has 0 aliphatic heterocycles. The van der Waals surface area contributed by atoms with Crippen molar-refractivity contribution >= 4 is 11.9 Å². The topological polar surface area (TPSA) is 79.3 Å². The van der Waals surface area contributed by atoms with E-state index < -0.39 is 23.6 Å². The summed E-state index contributed by atoms with van der Waals surface area (Å²) in [6, 6.07) is 1.23. The van der Waals surface area contributed by atoms with Gasteiger partial charge < -0.3 is 10.4 Å². The summed E-state index contributed by atoms with van der Waals surface area (Å²) in [7, 11) is 0. The second-order valence-electron chi connectivity index (χ2n) is 3.30. The van der Waals surface area contributed by atoms with Gasteiger partial charge in [-0.3, -0.25) is 14.6 Å². The van der Waals surface area contributed by atoms with Crippen LogP contribution in [0.5, 0.6) is 0 Å². The fourth-order valence-electron chi connectivity index (χ4n) is 0.988. The molecule has 16 heavy (non-hydrogen) atoms. The number of aliphatic carboxylic acids is 1. The zero-order valence-corrected chi connectivity index (χ0v) is 8.61. The summed E-state index contributed by atoms with van der Waals surface area (Å²) < 4.78 is 13.1. The molecule has 1 unspecified atom stereocenters. The van der Waals surface area contributed by atoms with Crippen molar-refractivity contribution in [1.82, 2.24) is 10.3 Å². The molecule has 1 aromatic heterocycles. The smallest absolute Gasteiger partial charge is 0.308 e. The molecule has 5 nitrogen and oxygen atoms in total. The predicted molar refractivity (Wildman–Crippen MR) is 53.3 cm³/mol. The van der Waals surface area contributed by atoms with Crippen LogP contribution in [0.2, 0.25) is 0 Å². The molecule has 1 rings (SSSR count). The molecule has 0 saturated carbocycles. The lowest BCUT2D eigenvalue weighted by Gasteiger charge is -2.08. The number of amides is 1. The lowest BCUT2D eigenvalue weighted by molar-refractivity contribution is -0.140. The summed E-state index contributed by atoms with van der Waals surface area (Å²) in [4.78, 5) is 25.4. The molecule has 0 spiro atoms. The van der Waals surface area contributed by atoms with Crippen molar-refractivity contribution in [2.24, 2.45) is 5.92 Å². The number of carboxylic acid groups (broad SMARTS) is 1. The summed E-state index contributed by atoms with van der Waals surface area (Å²) in [6.45, 7) is 1.40. The number of hydrogen-bond acceptors (Lipinski definition) is 3. The highest BCUT2D eigenvalue weighted by Crippen LogP contribution is 2.04. The molecule has 6 heteroatoms. The van der Waals surface area contributed by atoms with E-state index in [9.17, 15) is 14.0 Å². The minimum atomic E-state index is -1.02. The maximum absolute atomic E-state index is 13.1. The number of halogens is 1. The van der Waals surface area contributed by atoms with Gasteiger partial charge in [0.2, 0.25) is 0 Å². The Morgan fingerprint density at radius 3 is 2.88 bits per heavy atom. The van der Waals surface area contributed by atoms with E-state index in [0.717, 1.165) is 6.20 Å². The van der Waals surface area contributed by atoms with E-state index in [2.05, 4.69) is 10.3 Å². The molecule has 2 N–H and O–H groups in total. The second kappa shape index (κ2) is 5.20. The van der Waals surface area contributed by atoms with E-state index in [1.54, 1.807) is 0 Å². The van der Waals surface area contributed by atoms with E-state index in [-0.39, 0.29) is 12.1 Å². The Morgan fingerprint density at radius 1 is 1.62 bits per heavy atom. The first-order valence-electron chi connectivity index (χ1n) is 4.63. The maximum Gasteiger partial charge on any atom is 0.308 e. The van der Waals surface area contributed by atoms with E-state index in [1.165, 1.54) is 19.2 Å². The van der Waals surface area contributed by atoms with Crippen LogP contribution in [-0.2, 0) is 4.79 Å². The number of rotatable bonds is 4. The highest BCUT2D eigenvalue weighted by Gasteiger charge is 2.15. The molecule has 1 aromatic rings. The first-order chi connectivity index (χ1) is 7.52. The van der Waals surface area contributed by atoms with Crippen molar-refractivity contribution in [3.8, 4) is 0 Å². The minimum absolute atomic E-state index is 0.0457. The standard InChI is InChI=1S/C10H11FN2O3/c1-6(10(15)16)4-13-9(14)7-2-3-12-5-8(7)11/h2-3,5-6H,4H2,1H3,(H,13,14)(H,15,16). The fraction of sp³-hybridized carbons (Fsp3) is 0.300. The third-order valence-corrected chi connectivity index (χ3v) is 2.01. The molecule has 1 amide bonds. The van der Waals surface area contributed by atoms with E-state index in [4.69, 9.17) is 5.11 Å². The van der Waals surface area contributed by atoms with Crippen LogP contribution in [0, 0.1) is 11.7 Å². The number of carboxylic acids is 1. The van der Waals surface area contributed by atoms with Crippen LogP contribution in [0.4, 0.5) is 4.39 Å². The monoisotopic (exact) mass is 226 g/mol. The predicted octanol–water partition coefficient (Wildman–Crippen LogP) is 0.671. The number of carbonyl (C=O) groups is 2. The van der Waals surface area contributed by atoms with Crippen molar-refractivity contribution in [3.63, 3.8) is 0 Å². The van der Waals surface area contributed by atoms with Gasteiger partial charge in [-0.25, -0.2) is 4.39 Å². The molecule has 0 aromatic carbocycles. The largest absolute Gasteiger partial charge is 0.481 e. The van der Waals surface area contributed by atoms with Gasteiger partial charge >= 0.3 is 5.97 Å². The number of aromatic nitrogens is 1. The van der Waals surface area contributed by atoms with Gasteiger partial charge in [0.1, 0.15) is 0 Å². The van der Waals surface area contributed by atoms with Crippen molar-refractivity contribution < 1.29 is 19.1 Å². The van der Waals surface area contributed by atoms with Crippen LogP contribution < -0.4 is 5.32 Å². The number of nitrogens with zero attached hydrogens (tertiary/aromatic N) is 1. The van der Waals surface area contributed by atoms with Crippen LogP contribution in [0.25, 0.3) is 0 Å². The molecule has 1 heterocycles. The molecule has 0 aliphatic carbocycles. The number of carbonyl (C=O) groups excluding carboxylic acids is 1. The SMILES string of the molecule is CC(CNC(=O)c1ccncc1F)C(=O)O. The van der Waals surface area contributed by atoms with Gasteiger partial charge in [0.05, 0.1) is 17.7 Å². The summed E-state index contributed by atoms with van der Waals surface area (Å²) >= 11 is 0. The second-order valence-corrected chi connectivity index (χ2v) is 3.30. The first kappa shape index (κ1) is 12.1. The highest BCUT2D eigenvalue weighted by atomic mass is 19.1. The van der Waals surface area contributed by atoms with Crippen molar-refractivity contribution in [3.05, 3.63) is 29.8 Å². The van der Waals surface area contributed by atoms with Gasteiger partial charge in [-0.15, -0.1) is 0 Å². The third kappa shape index (κ3) is 3.01. The van der Waals surface area contributed by atoms with E-state index in [0.29, 0.717) is 0 Å². The average Bonchev–Trinajstić information content (AvgIpc) is 2.25. The van der Waals surface area contributed by atoms with Crippen LogP contribution in [0.3, 0.4) is 0 Å². The molecule has 0 bridgehead atoms. The zero-order valence-electron chi connectivity index (χ0n) is 8.61. The quantitative estimate of drug-likeness (QED) is 0.790. The summed E-state index contributed by atoms with van der Waals surface area (Å²) in [5.74, 6) is -3.11. The Kier molecular flexibility index (Phi) is 3.93. The molecule has 1 atom stereocenters. The van der Waals surface area contributed by atoms with Crippen LogP contribution in [0.15, 0.2) is 18.5 Å². The van der Waals surface area contributed by atoms with Gasteiger partial charge in [0.15, 0.2) is 5.82 Å². The van der Waals surface area contributed by atoms with Crippen molar-refractivity contribution in [2.75, 3.05) is 6.54 Å². The average molecular weight is 226 g/mol. The summed E-state index contributed by atoms with van der Waals surface area (Å²) in [5.41, 5.74) is -0.146. The lowest BCUT2D eigenvalue weighted by atomic mass is 10.2. The van der Waals surface area contributed by atoms with Crippen molar-refractivity contribution in [1.29, 1.82) is 0 Å². The number of nitrogens with one attached hydrogen (secondary N) is 1. The molecule has 0 saturated heterocycles. The first-order valence-corrected chi connectivity index (χ1v) is 4.63. The fourth-order valence-corrected chi connectivity index (χ4v) is 0.988. The number of hydrogen-bond donors (Lipinski definition) is 2. The minimum Gasteiger partial charge on any atom is -0.481 e. The molecule has 0 radical (unpaired) electrons. The Bertz CT molecular complexity index is 409. The molecular formula is C10H11FN2O3. The van der Waals surface area contributed by atoms with Gasteiger partial charge in [0.25, 0.3) is 5.91 Å².